The van der Waals surface area contributed by atoms with Gasteiger partial charge >= 0.3 is 0 Å². The van der Waals surface area contributed by atoms with Gasteiger partial charge in [0.05, 0.1) is 17.5 Å². The Kier molecular flexibility index (Phi) is 5.66. The molecule has 2 fully saturated rings. The number of fused-ring (bicyclic) bond motifs is 2. The number of hydrogen-bond donors (Lipinski definition) is 0. The Morgan fingerprint density at radius 3 is 2.54 bits per heavy atom. The van der Waals surface area contributed by atoms with Crippen molar-refractivity contribution in [2.24, 2.45) is 0 Å². The number of anilines is 3. The maximum atomic E-state index is 15.2. The lowest BCUT2D eigenvalue weighted by Crippen LogP contribution is -2.66. The molecule has 0 aromatic carbocycles. The minimum absolute atomic E-state index is 0.191. The molecule has 3 aliphatic rings. The van der Waals surface area contributed by atoms with E-state index < -0.39 is 26.8 Å². The number of sulfone groups is 1. The summed E-state index contributed by atoms with van der Waals surface area (Å²) in [6.45, 7) is 11.9. The second-order valence-electron chi connectivity index (χ2n) is 11.4. The number of aromatic nitrogens is 6. The summed E-state index contributed by atoms with van der Waals surface area (Å²) in [5.74, 6) is 1.01. The highest BCUT2D eigenvalue weighted by Crippen LogP contribution is 2.47. The van der Waals surface area contributed by atoms with Crippen molar-refractivity contribution in [3.63, 3.8) is 0 Å². The van der Waals surface area contributed by atoms with E-state index in [2.05, 4.69) is 43.9 Å². The van der Waals surface area contributed by atoms with Crippen molar-refractivity contribution in [2.75, 3.05) is 35.2 Å². The maximum absolute atomic E-state index is 15.2. The van der Waals surface area contributed by atoms with Crippen LogP contribution in [0, 0.1) is 0 Å². The molecular formula is C25H32FN9O3S. The van der Waals surface area contributed by atoms with Gasteiger partial charge in [0.15, 0.2) is 9.84 Å². The van der Waals surface area contributed by atoms with Crippen LogP contribution in [0.5, 0.6) is 0 Å². The number of hydrogen-bond acceptors (Lipinski definition) is 10. The third-order valence-corrected chi connectivity index (χ3v) is 10.4. The highest BCUT2D eigenvalue weighted by Gasteiger charge is 2.61. The summed E-state index contributed by atoms with van der Waals surface area (Å²) in [5.41, 5.74) is 2.26. The van der Waals surface area contributed by atoms with Crippen molar-refractivity contribution < 1.29 is 17.6 Å². The number of pyridine rings is 1. The Morgan fingerprint density at radius 1 is 1.13 bits per heavy atom. The summed E-state index contributed by atoms with van der Waals surface area (Å²) in [7, 11) is -4.06. The van der Waals surface area contributed by atoms with E-state index in [-0.39, 0.29) is 30.2 Å². The summed E-state index contributed by atoms with van der Waals surface area (Å²) >= 11 is 0. The minimum Gasteiger partial charge on any atom is -0.350 e. The zero-order valence-corrected chi connectivity index (χ0v) is 23.5. The number of rotatable bonds is 4. The topological polar surface area (TPSA) is 130 Å². The normalized spacial score (nSPS) is 27.5. The predicted octanol–water partition coefficient (Wildman–Crippen LogP) is 1.98. The molecule has 3 aromatic heterocycles. The van der Waals surface area contributed by atoms with E-state index in [4.69, 9.17) is 4.98 Å². The fourth-order valence-corrected chi connectivity index (χ4v) is 7.26. The average Bonchev–Trinajstić information content (AvgIpc) is 3.45. The van der Waals surface area contributed by atoms with Crippen LogP contribution in [0.15, 0.2) is 18.6 Å². The minimum atomic E-state index is -4.06. The van der Waals surface area contributed by atoms with E-state index in [0.717, 1.165) is 34.1 Å². The van der Waals surface area contributed by atoms with Gasteiger partial charge in [-0.3, -0.25) is 4.79 Å². The van der Waals surface area contributed by atoms with Gasteiger partial charge in [0.2, 0.25) is 0 Å². The lowest BCUT2D eigenvalue weighted by molar-refractivity contribution is -0.142. The number of piperazine rings is 1. The fraction of sp³-hybridized carbons (Fsp3) is 0.600. The summed E-state index contributed by atoms with van der Waals surface area (Å²) in [6, 6.07) is 1.34. The summed E-state index contributed by atoms with van der Waals surface area (Å²) in [4.78, 5) is 32.6. The van der Waals surface area contributed by atoms with Crippen molar-refractivity contribution in [2.45, 2.75) is 70.1 Å². The summed E-state index contributed by atoms with van der Waals surface area (Å²) in [6.07, 6.45) is 2.97. The maximum Gasteiger partial charge on any atom is 0.288 e. The molecule has 0 unspecified atom stereocenters. The Labute approximate surface area is 226 Å². The van der Waals surface area contributed by atoms with Crippen LogP contribution in [-0.2, 0) is 26.6 Å². The summed E-state index contributed by atoms with van der Waals surface area (Å²) < 4.78 is 41.1. The van der Waals surface area contributed by atoms with Crippen LogP contribution in [-0.4, -0.2) is 91.6 Å². The summed E-state index contributed by atoms with van der Waals surface area (Å²) in [5, 5.41) is 5.57. The third-order valence-electron chi connectivity index (χ3n) is 8.28. The highest BCUT2D eigenvalue weighted by atomic mass is 32.2. The molecule has 0 aliphatic carbocycles. The smallest absolute Gasteiger partial charge is 0.288 e. The molecule has 3 aliphatic heterocycles. The molecule has 2 saturated heterocycles. The molecule has 0 N–H and O–H groups in total. The number of nitrogens with zero attached hydrogens (tertiary/aromatic N) is 9. The van der Waals surface area contributed by atoms with Crippen molar-refractivity contribution in [3.8, 4) is 0 Å². The Bertz CT molecular complexity index is 1590. The number of carbonyl (C=O) groups is 1. The van der Waals surface area contributed by atoms with Gasteiger partial charge < -0.3 is 14.7 Å². The Morgan fingerprint density at radius 2 is 1.87 bits per heavy atom. The lowest BCUT2D eigenvalue weighted by atomic mass is 9.87. The van der Waals surface area contributed by atoms with E-state index in [1.54, 1.807) is 6.20 Å². The average molecular weight is 558 g/mol. The van der Waals surface area contributed by atoms with Crippen LogP contribution in [0.25, 0.3) is 11.0 Å². The zero-order chi connectivity index (χ0) is 27.9. The standard InChI is InChI=1S/C25H32FN9O3S/c1-6-35-18-9-19(27-10-17(18)30-31-35)34-13-24(4,5)20-21(28-14-29-22(20)34)32-11-16(3)33(12-15(32)2)23(36)25(26)7-8-39(25,37)38/h9-10,14-16H,6-8,11-13H2,1-5H3/t15-,16+,25+/m0/s1. The highest BCUT2D eigenvalue weighted by molar-refractivity contribution is 7.94. The number of carbonyl (C=O) groups excluding carboxylic acids is 1. The van der Waals surface area contributed by atoms with Gasteiger partial charge in [0, 0.05) is 61.7 Å². The van der Waals surface area contributed by atoms with Crippen LogP contribution in [0.4, 0.5) is 21.8 Å². The Balaban J connectivity index is 1.33. The molecule has 208 valence electrons. The molecule has 1 amide bonds. The molecule has 3 aromatic rings. The fourth-order valence-electron chi connectivity index (χ4n) is 5.98. The van der Waals surface area contributed by atoms with Crippen molar-refractivity contribution >= 4 is 44.2 Å². The molecule has 6 rings (SSSR count). The van der Waals surface area contributed by atoms with Gasteiger partial charge in [0.25, 0.3) is 10.9 Å². The van der Waals surface area contributed by atoms with Crippen LogP contribution in [0.2, 0.25) is 0 Å². The molecule has 12 nitrogen and oxygen atoms in total. The molecule has 14 heteroatoms. The monoisotopic (exact) mass is 557 g/mol. The first-order valence-electron chi connectivity index (χ1n) is 13.2. The van der Waals surface area contributed by atoms with Crippen LogP contribution in [0.1, 0.15) is 46.6 Å². The van der Waals surface area contributed by atoms with Gasteiger partial charge in [0.1, 0.15) is 29.3 Å². The predicted molar refractivity (Wildman–Crippen MR) is 143 cm³/mol. The largest absolute Gasteiger partial charge is 0.350 e. The van der Waals surface area contributed by atoms with E-state index in [1.165, 1.54) is 11.2 Å². The van der Waals surface area contributed by atoms with Gasteiger partial charge in [-0.25, -0.2) is 32.4 Å². The first-order chi connectivity index (χ1) is 18.4. The lowest BCUT2D eigenvalue weighted by Gasteiger charge is -2.47. The van der Waals surface area contributed by atoms with Crippen molar-refractivity contribution in [3.05, 3.63) is 24.2 Å². The van der Waals surface area contributed by atoms with Crippen LogP contribution < -0.4 is 9.80 Å². The van der Waals surface area contributed by atoms with E-state index in [1.807, 2.05) is 31.5 Å². The number of halogens is 1. The van der Waals surface area contributed by atoms with Gasteiger partial charge in [-0.2, -0.15) is 0 Å². The first kappa shape index (κ1) is 25.8. The van der Waals surface area contributed by atoms with E-state index in [0.29, 0.717) is 19.6 Å². The van der Waals surface area contributed by atoms with E-state index in [9.17, 15) is 13.2 Å². The van der Waals surface area contributed by atoms with E-state index >= 15 is 4.39 Å². The number of alkyl halides is 1. The molecule has 0 bridgehead atoms. The molecule has 0 saturated carbocycles. The van der Waals surface area contributed by atoms with Crippen molar-refractivity contribution in [1.82, 2.24) is 34.8 Å². The molecule has 6 heterocycles. The second-order valence-corrected chi connectivity index (χ2v) is 13.7. The van der Waals surface area contributed by atoms with Crippen LogP contribution >= 0.6 is 0 Å². The first-order valence-corrected chi connectivity index (χ1v) is 14.8. The van der Waals surface area contributed by atoms with Crippen LogP contribution in [0.3, 0.4) is 0 Å². The van der Waals surface area contributed by atoms with Gasteiger partial charge in [-0.1, -0.05) is 19.1 Å². The van der Waals surface area contributed by atoms with Gasteiger partial charge in [-0.15, -0.1) is 5.10 Å². The molecule has 0 radical (unpaired) electrons. The number of aryl methyl sites for hydroxylation is 1. The third kappa shape index (κ3) is 3.70. The number of amides is 1. The zero-order valence-electron chi connectivity index (χ0n) is 22.7. The molecule has 0 spiro atoms. The van der Waals surface area contributed by atoms with Crippen molar-refractivity contribution in [1.29, 1.82) is 0 Å². The quantitative estimate of drug-likeness (QED) is 0.469. The van der Waals surface area contributed by atoms with Gasteiger partial charge in [-0.05, 0) is 20.8 Å². The SMILES string of the molecule is CCn1nnc2cnc(N3CC(C)(C)c4c3ncnc4N3C[C@@H](C)N(C(=O)[C@@]4(F)CCS4(=O)=O)C[C@@H]3C)cc21. The molecular weight excluding hydrogens is 525 g/mol. The molecule has 39 heavy (non-hydrogen) atoms. The molecule has 3 atom stereocenters. The second kappa shape index (κ2) is 8.54. The Hall–Kier alpha value is -3.42.